The van der Waals surface area contributed by atoms with Crippen LogP contribution in [0, 0.1) is 5.92 Å². The lowest BCUT2D eigenvalue weighted by Gasteiger charge is -2.34. The van der Waals surface area contributed by atoms with E-state index in [0.29, 0.717) is 12.3 Å². The summed E-state index contributed by atoms with van der Waals surface area (Å²) in [7, 11) is 0. The standard InChI is InChI=1S/C18H27ClN2O.ClH/c19-16-11-9-15(10-12-16)18(14-6-5-7-14)21-17(22)8-3-1-2-4-13-20;/h9-12,14,18H,1-8,13,20H2,(H,21,22);1H. The van der Waals surface area contributed by atoms with Gasteiger partial charge in [0, 0.05) is 11.4 Å². The summed E-state index contributed by atoms with van der Waals surface area (Å²) >= 11 is 5.96. The van der Waals surface area contributed by atoms with Gasteiger partial charge >= 0.3 is 0 Å². The first-order chi connectivity index (χ1) is 10.7. The minimum atomic E-state index is 0. The molecule has 1 aromatic rings. The molecular weight excluding hydrogens is 331 g/mol. The van der Waals surface area contributed by atoms with E-state index in [9.17, 15) is 4.79 Å². The maximum absolute atomic E-state index is 12.2. The molecular formula is C18H28Cl2N2O. The van der Waals surface area contributed by atoms with Crippen LogP contribution in [0.5, 0.6) is 0 Å². The average Bonchev–Trinajstić information content (AvgIpc) is 2.45. The monoisotopic (exact) mass is 358 g/mol. The fourth-order valence-corrected chi connectivity index (χ4v) is 3.07. The first-order valence-electron chi connectivity index (χ1n) is 8.45. The molecule has 1 unspecified atom stereocenters. The quantitative estimate of drug-likeness (QED) is 0.632. The molecule has 0 aliphatic heterocycles. The summed E-state index contributed by atoms with van der Waals surface area (Å²) in [4.78, 5) is 12.2. The van der Waals surface area contributed by atoms with Gasteiger partial charge in [-0.3, -0.25) is 4.79 Å². The van der Waals surface area contributed by atoms with Crippen molar-refractivity contribution in [3.8, 4) is 0 Å². The first kappa shape index (κ1) is 20.3. The van der Waals surface area contributed by atoms with E-state index in [1.807, 2.05) is 24.3 Å². The van der Waals surface area contributed by atoms with Crippen LogP contribution in [0.1, 0.15) is 63.0 Å². The molecule has 1 aliphatic rings. The first-order valence-corrected chi connectivity index (χ1v) is 8.83. The fraction of sp³-hybridized carbons (Fsp3) is 0.611. The predicted octanol–water partition coefficient (Wildman–Crippen LogP) is 4.63. The predicted molar refractivity (Wildman–Crippen MR) is 99.1 cm³/mol. The molecule has 0 saturated heterocycles. The molecule has 1 aliphatic carbocycles. The summed E-state index contributed by atoms with van der Waals surface area (Å²) in [5.74, 6) is 0.738. The Morgan fingerprint density at radius 1 is 1.17 bits per heavy atom. The second-order valence-corrected chi connectivity index (χ2v) is 6.68. The maximum Gasteiger partial charge on any atom is 0.220 e. The van der Waals surface area contributed by atoms with Crippen molar-refractivity contribution in [3.63, 3.8) is 0 Å². The zero-order chi connectivity index (χ0) is 15.8. The van der Waals surface area contributed by atoms with Gasteiger partial charge in [-0.25, -0.2) is 0 Å². The Balaban J connectivity index is 0.00000264. The number of rotatable bonds is 9. The molecule has 3 N–H and O–H groups in total. The lowest BCUT2D eigenvalue weighted by Crippen LogP contribution is -2.36. The van der Waals surface area contributed by atoms with Crippen molar-refractivity contribution in [2.24, 2.45) is 11.7 Å². The number of hydrogen-bond donors (Lipinski definition) is 2. The molecule has 130 valence electrons. The van der Waals surface area contributed by atoms with E-state index in [-0.39, 0.29) is 24.4 Å². The van der Waals surface area contributed by atoms with Crippen LogP contribution in [0.3, 0.4) is 0 Å². The van der Waals surface area contributed by atoms with Crippen molar-refractivity contribution in [1.82, 2.24) is 5.32 Å². The Bertz CT molecular complexity index is 461. The van der Waals surface area contributed by atoms with E-state index in [1.165, 1.54) is 24.8 Å². The third kappa shape index (κ3) is 6.70. The van der Waals surface area contributed by atoms with Crippen molar-refractivity contribution >= 4 is 29.9 Å². The van der Waals surface area contributed by atoms with E-state index < -0.39 is 0 Å². The van der Waals surface area contributed by atoms with Gasteiger partial charge in [0.1, 0.15) is 0 Å². The molecule has 0 bridgehead atoms. The topological polar surface area (TPSA) is 55.1 Å². The number of hydrogen-bond acceptors (Lipinski definition) is 2. The van der Waals surface area contributed by atoms with Crippen molar-refractivity contribution in [2.45, 2.75) is 57.4 Å². The Morgan fingerprint density at radius 3 is 2.39 bits per heavy atom. The molecule has 1 saturated carbocycles. The minimum absolute atomic E-state index is 0. The molecule has 3 nitrogen and oxygen atoms in total. The van der Waals surface area contributed by atoms with E-state index in [0.717, 1.165) is 37.3 Å². The lowest BCUT2D eigenvalue weighted by atomic mass is 9.77. The molecule has 2 rings (SSSR count). The van der Waals surface area contributed by atoms with Gasteiger partial charge in [0.2, 0.25) is 5.91 Å². The van der Waals surface area contributed by atoms with Crippen molar-refractivity contribution in [2.75, 3.05) is 6.54 Å². The van der Waals surface area contributed by atoms with Gasteiger partial charge < -0.3 is 11.1 Å². The van der Waals surface area contributed by atoms with Crippen molar-refractivity contribution in [3.05, 3.63) is 34.9 Å². The smallest absolute Gasteiger partial charge is 0.220 e. The second kappa shape index (κ2) is 10.9. The molecule has 1 atom stereocenters. The molecule has 5 heteroatoms. The molecule has 0 heterocycles. The van der Waals surface area contributed by atoms with Crippen molar-refractivity contribution in [1.29, 1.82) is 0 Å². The third-order valence-corrected chi connectivity index (χ3v) is 4.78. The van der Waals surface area contributed by atoms with Gasteiger partial charge in [0.15, 0.2) is 0 Å². The van der Waals surface area contributed by atoms with E-state index in [4.69, 9.17) is 17.3 Å². The van der Waals surface area contributed by atoms with Gasteiger partial charge in [0.25, 0.3) is 0 Å². The zero-order valence-corrected chi connectivity index (χ0v) is 15.2. The third-order valence-electron chi connectivity index (χ3n) is 4.52. The van der Waals surface area contributed by atoms with Crippen LogP contribution in [0.4, 0.5) is 0 Å². The van der Waals surface area contributed by atoms with Crippen molar-refractivity contribution < 1.29 is 4.79 Å². The SMILES string of the molecule is Cl.NCCCCCCC(=O)NC(c1ccc(Cl)cc1)C1CCC1. The van der Waals surface area contributed by atoms with E-state index in [2.05, 4.69) is 5.32 Å². The lowest BCUT2D eigenvalue weighted by molar-refractivity contribution is -0.122. The summed E-state index contributed by atoms with van der Waals surface area (Å²) in [5.41, 5.74) is 6.65. The largest absolute Gasteiger partial charge is 0.349 e. The van der Waals surface area contributed by atoms with Gasteiger partial charge in [-0.1, -0.05) is 43.0 Å². The number of carbonyl (C=O) groups is 1. The Morgan fingerprint density at radius 2 is 1.83 bits per heavy atom. The van der Waals surface area contributed by atoms with Crippen LogP contribution in [0.25, 0.3) is 0 Å². The molecule has 1 aromatic carbocycles. The number of benzene rings is 1. The van der Waals surface area contributed by atoms with Crippen LogP contribution < -0.4 is 11.1 Å². The Hall–Kier alpha value is -0.770. The molecule has 1 fully saturated rings. The number of nitrogens with one attached hydrogen (secondary N) is 1. The highest BCUT2D eigenvalue weighted by atomic mass is 35.5. The van der Waals surface area contributed by atoms with Gasteiger partial charge in [0.05, 0.1) is 6.04 Å². The molecule has 0 aromatic heterocycles. The van der Waals surface area contributed by atoms with E-state index >= 15 is 0 Å². The number of halogens is 2. The Labute approximate surface area is 150 Å². The summed E-state index contributed by atoms with van der Waals surface area (Å²) in [6, 6.07) is 8.02. The highest BCUT2D eigenvalue weighted by molar-refractivity contribution is 6.30. The second-order valence-electron chi connectivity index (χ2n) is 6.24. The number of nitrogens with two attached hydrogens (primary N) is 1. The molecule has 23 heavy (non-hydrogen) atoms. The van der Waals surface area contributed by atoms with Crippen LogP contribution in [0.2, 0.25) is 5.02 Å². The van der Waals surface area contributed by atoms with Crippen LogP contribution in [0.15, 0.2) is 24.3 Å². The van der Waals surface area contributed by atoms with Crippen LogP contribution in [-0.4, -0.2) is 12.5 Å². The molecule has 1 amide bonds. The maximum atomic E-state index is 12.2. The summed E-state index contributed by atoms with van der Waals surface area (Å²) in [6.07, 6.45) is 8.48. The van der Waals surface area contributed by atoms with Gasteiger partial charge in [-0.05, 0) is 55.8 Å². The summed E-state index contributed by atoms with van der Waals surface area (Å²) < 4.78 is 0. The van der Waals surface area contributed by atoms with E-state index in [1.54, 1.807) is 0 Å². The van der Waals surface area contributed by atoms with Gasteiger partial charge in [-0.15, -0.1) is 12.4 Å². The molecule has 0 radical (unpaired) electrons. The Kier molecular flexibility index (Phi) is 9.61. The highest BCUT2D eigenvalue weighted by Crippen LogP contribution is 2.38. The summed E-state index contributed by atoms with van der Waals surface area (Å²) in [5, 5.41) is 3.98. The van der Waals surface area contributed by atoms with Crippen LogP contribution >= 0.6 is 24.0 Å². The number of amides is 1. The fourth-order valence-electron chi connectivity index (χ4n) is 2.95. The molecule has 0 spiro atoms. The number of unbranched alkanes of at least 4 members (excludes halogenated alkanes) is 3. The van der Waals surface area contributed by atoms with Crippen LogP contribution in [-0.2, 0) is 4.79 Å². The average molecular weight is 359 g/mol. The zero-order valence-electron chi connectivity index (χ0n) is 13.6. The van der Waals surface area contributed by atoms with Gasteiger partial charge in [-0.2, -0.15) is 0 Å². The number of carbonyl (C=O) groups excluding carboxylic acids is 1. The summed E-state index contributed by atoms with van der Waals surface area (Å²) in [6.45, 7) is 0.743. The highest BCUT2D eigenvalue weighted by Gasteiger charge is 2.29. The normalized spacial score (nSPS) is 15.4. The minimum Gasteiger partial charge on any atom is -0.349 e.